The minimum atomic E-state index is -0.405. The molecule has 1 amide bonds. The average molecular weight is 343 g/mol. The number of nitrogens with zero attached hydrogens (tertiary/aromatic N) is 1. The van der Waals surface area contributed by atoms with Crippen molar-refractivity contribution in [2.45, 2.75) is 26.4 Å². The topological polar surface area (TPSA) is 29.5 Å². The number of carbonyl (C=O) groups is 1. The van der Waals surface area contributed by atoms with E-state index in [1.807, 2.05) is 20.8 Å². The second-order valence-electron chi connectivity index (χ2n) is 5.10. The van der Waals surface area contributed by atoms with Crippen LogP contribution in [0.5, 0.6) is 0 Å². The number of likely N-dealkylation sites (tertiary alicyclic amines) is 1. The highest BCUT2D eigenvalue weighted by molar-refractivity contribution is 9.09. The van der Waals surface area contributed by atoms with Gasteiger partial charge in [0, 0.05) is 29.2 Å². The third-order valence-electron chi connectivity index (χ3n) is 2.27. The molecule has 0 unspecified atom stereocenters. The van der Waals surface area contributed by atoms with E-state index in [1.165, 1.54) is 0 Å². The highest BCUT2D eigenvalue weighted by Crippen LogP contribution is 2.35. The van der Waals surface area contributed by atoms with Gasteiger partial charge in [-0.3, -0.25) is 0 Å². The zero-order valence-corrected chi connectivity index (χ0v) is 12.5. The van der Waals surface area contributed by atoms with Crippen molar-refractivity contribution in [2.24, 2.45) is 5.41 Å². The summed E-state index contributed by atoms with van der Waals surface area (Å²) >= 11 is 6.95. The quantitative estimate of drug-likeness (QED) is 0.722. The van der Waals surface area contributed by atoms with Crippen molar-refractivity contribution in [3.8, 4) is 0 Å². The summed E-state index contributed by atoms with van der Waals surface area (Å²) in [5.41, 5.74) is -0.213. The van der Waals surface area contributed by atoms with Crippen LogP contribution in [0.4, 0.5) is 4.79 Å². The normalized spacial score (nSPS) is 19.7. The van der Waals surface area contributed by atoms with Gasteiger partial charge in [0.1, 0.15) is 5.60 Å². The molecule has 5 heteroatoms. The van der Waals surface area contributed by atoms with E-state index in [2.05, 4.69) is 31.9 Å². The largest absolute Gasteiger partial charge is 0.444 e. The summed E-state index contributed by atoms with van der Waals surface area (Å²) in [6.45, 7) is 7.17. The molecule has 88 valence electrons. The van der Waals surface area contributed by atoms with E-state index in [4.69, 9.17) is 4.74 Å². The third-order valence-corrected chi connectivity index (χ3v) is 4.65. The summed E-state index contributed by atoms with van der Waals surface area (Å²) in [5.74, 6) is 0. The molecule has 0 radical (unpaired) electrons. The van der Waals surface area contributed by atoms with E-state index in [0.29, 0.717) is 0 Å². The number of hydrogen-bond donors (Lipinski definition) is 0. The number of halogens is 2. The smallest absolute Gasteiger partial charge is 0.410 e. The van der Waals surface area contributed by atoms with Crippen LogP contribution < -0.4 is 0 Å². The summed E-state index contributed by atoms with van der Waals surface area (Å²) in [7, 11) is 0. The summed E-state index contributed by atoms with van der Waals surface area (Å²) in [5, 5.41) is 1.81. The van der Waals surface area contributed by atoms with Gasteiger partial charge in [-0.25, -0.2) is 4.79 Å². The lowest BCUT2D eigenvalue weighted by atomic mass is 9.85. The highest BCUT2D eigenvalue weighted by Gasteiger charge is 2.44. The summed E-state index contributed by atoms with van der Waals surface area (Å²) in [6.07, 6.45) is -0.208. The van der Waals surface area contributed by atoms with Crippen LogP contribution in [0.1, 0.15) is 20.8 Å². The van der Waals surface area contributed by atoms with Crippen molar-refractivity contribution < 1.29 is 9.53 Å². The monoisotopic (exact) mass is 341 g/mol. The first kappa shape index (κ1) is 13.3. The van der Waals surface area contributed by atoms with Gasteiger partial charge in [-0.15, -0.1) is 0 Å². The Bertz CT molecular complexity index is 238. The summed E-state index contributed by atoms with van der Waals surface area (Å²) < 4.78 is 5.28. The van der Waals surface area contributed by atoms with Gasteiger partial charge in [0.2, 0.25) is 0 Å². The molecule has 1 fully saturated rings. The van der Waals surface area contributed by atoms with Crippen LogP contribution in [-0.4, -0.2) is 40.3 Å². The molecule has 0 saturated carbocycles. The Labute approximate surface area is 108 Å². The number of carbonyl (C=O) groups excluding carboxylic acids is 1. The third kappa shape index (κ3) is 3.34. The van der Waals surface area contributed by atoms with Crippen molar-refractivity contribution in [3.63, 3.8) is 0 Å². The fourth-order valence-electron chi connectivity index (χ4n) is 1.42. The van der Waals surface area contributed by atoms with E-state index in [1.54, 1.807) is 4.90 Å². The fraction of sp³-hybridized carbons (Fsp3) is 0.900. The van der Waals surface area contributed by atoms with Crippen LogP contribution in [0.15, 0.2) is 0 Å². The van der Waals surface area contributed by atoms with Crippen LogP contribution in [0.2, 0.25) is 0 Å². The predicted molar refractivity (Wildman–Crippen MR) is 67.8 cm³/mol. The molecule has 1 saturated heterocycles. The molecule has 0 bridgehead atoms. The van der Waals surface area contributed by atoms with Gasteiger partial charge in [0.15, 0.2) is 0 Å². The fourth-order valence-corrected chi connectivity index (χ4v) is 3.06. The minimum absolute atomic E-state index is 0.191. The first-order valence-corrected chi connectivity index (χ1v) is 7.16. The minimum Gasteiger partial charge on any atom is -0.444 e. The van der Waals surface area contributed by atoms with Gasteiger partial charge >= 0.3 is 6.09 Å². The number of ether oxygens (including phenoxy) is 1. The molecule has 1 aliphatic heterocycles. The lowest BCUT2D eigenvalue weighted by molar-refractivity contribution is -0.0182. The maximum Gasteiger partial charge on any atom is 0.410 e. The Morgan fingerprint density at radius 2 is 1.80 bits per heavy atom. The zero-order chi connectivity index (χ0) is 11.7. The van der Waals surface area contributed by atoms with Gasteiger partial charge in [-0.2, -0.15) is 0 Å². The Balaban J connectivity index is 2.42. The standard InChI is InChI=1S/C10H17Br2NO2/c1-9(2,3)15-8(14)13-6-10(4-11,5-12)7-13/h4-7H2,1-3H3. The van der Waals surface area contributed by atoms with Crippen LogP contribution >= 0.6 is 31.9 Å². The van der Waals surface area contributed by atoms with Gasteiger partial charge < -0.3 is 9.64 Å². The first-order chi connectivity index (χ1) is 6.82. The van der Waals surface area contributed by atoms with Crippen molar-refractivity contribution in [1.82, 2.24) is 4.90 Å². The average Bonchev–Trinajstić information content (AvgIpc) is 2.00. The molecule has 1 rings (SSSR count). The highest BCUT2D eigenvalue weighted by atomic mass is 79.9. The van der Waals surface area contributed by atoms with Crippen molar-refractivity contribution in [1.29, 1.82) is 0 Å². The first-order valence-electron chi connectivity index (χ1n) is 4.92. The van der Waals surface area contributed by atoms with Crippen LogP contribution in [-0.2, 0) is 4.74 Å². The lowest BCUT2D eigenvalue weighted by Gasteiger charge is -2.48. The van der Waals surface area contributed by atoms with Gasteiger partial charge in [-0.1, -0.05) is 31.9 Å². The number of rotatable bonds is 2. The second-order valence-corrected chi connectivity index (χ2v) is 6.23. The molecule has 0 aromatic heterocycles. The van der Waals surface area contributed by atoms with Crippen LogP contribution in [0.25, 0.3) is 0 Å². The number of amides is 1. The van der Waals surface area contributed by atoms with E-state index >= 15 is 0 Å². The lowest BCUT2D eigenvalue weighted by Crippen LogP contribution is -2.61. The summed E-state index contributed by atoms with van der Waals surface area (Å²) in [6, 6.07) is 0. The molecule has 1 aliphatic rings. The molecule has 0 aromatic rings. The Morgan fingerprint density at radius 1 is 1.33 bits per heavy atom. The molecule has 1 heterocycles. The van der Waals surface area contributed by atoms with E-state index < -0.39 is 5.60 Å². The second kappa shape index (κ2) is 4.62. The molecule has 0 aliphatic carbocycles. The molecule has 0 spiro atoms. The summed E-state index contributed by atoms with van der Waals surface area (Å²) in [4.78, 5) is 13.4. The Morgan fingerprint density at radius 3 is 2.13 bits per heavy atom. The molecule has 15 heavy (non-hydrogen) atoms. The van der Waals surface area contributed by atoms with Crippen LogP contribution in [0.3, 0.4) is 0 Å². The van der Waals surface area contributed by atoms with Gasteiger partial charge in [-0.05, 0) is 20.8 Å². The molecule has 0 atom stereocenters. The maximum atomic E-state index is 11.6. The molecular formula is C10H17Br2NO2. The Hall–Kier alpha value is 0.230. The zero-order valence-electron chi connectivity index (χ0n) is 9.35. The van der Waals surface area contributed by atoms with E-state index in [-0.39, 0.29) is 11.5 Å². The molecule has 0 aromatic carbocycles. The predicted octanol–water partition coefficient (Wildman–Crippen LogP) is 3.01. The van der Waals surface area contributed by atoms with Crippen molar-refractivity contribution in [3.05, 3.63) is 0 Å². The maximum absolute atomic E-state index is 11.6. The Kier molecular flexibility index (Phi) is 4.09. The van der Waals surface area contributed by atoms with Crippen molar-refractivity contribution >= 4 is 38.0 Å². The van der Waals surface area contributed by atoms with Crippen molar-refractivity contribution in [2.75, 3.05) is 23.7 Å². The van der Waals surface area contributed by atoms with Crippen LogP contribution in [0, 0.1) is 5.41 Å². The van der Waals surface area contributed by atoms with E-state index in [0.717, 1.165) is 23.7 Å². The van der Waals surface area contributed by atoms with Gasteiger partial charge in [0.05, 0.1) is 0 Å². The SMILES string of the molecule is CC(C)(C)OC(=O)N1CC(CBr)(CBr)C1. The molecule has 0 N–H and O–H groups in total. The molecule has 3 nitrogen and oxygen atoms in total. The van der Waals surface area contributed by atoms with Gasteiger partial charge in [0.25, 0.3) is 0 Å². The number of alkyl halides is 2. The molecular weight excluding hydrogens is 326 g/mol. The van der Waals surface area contributed by atoms with E-state index in [9.17, 15) is 4.79 Å². The number of hydrogen-bond acceptors (Lipinski definition) is 2.